The monoisotopic (exact) mass is 2020 g/mol. The third-order valence-electron chi connectivity index (χ3n) is 19.6. The first-order chi connectivity index (χ1) is 58.1. The van der Waals surface area contributed by atoms with Crippen LogP contribution in [0.1, 0.15) is 177 Å². The number of aliphatic carboxylic acids is 1. The van der Waals surface area contributed by atoms with Gasteiger partial charge in [0, 0.05) is 36.8 Å². The molecule has 0 bridgehead atoms. The van der Waals surface area contributed by atoms with E-state index in [1.807, 2.05) is 60.7 Å². The Balaban J connectivity index is 0.000000207. The van der Waals surface area contributed by atoms with Crippen LogP contribution in [-0.2, 0) is 70.4 Å². The number of alkyl halides is 1. The van der Waals surface area contributed by atoms with Crippen LogP contribution in [0, 0.1) is 0 Å². The number of fused-ring (bicyclic) bond motifs is 6. The predicted molar refractivity (Wildman–Crippen MR) is 526 cm³/mol. The fraction of sp³-hybridized carbons (Fsp3) is 0.292. The number of nitrogens with two attached hydrogens (primary N) is 1. The Morgan fingerprint density at radius 1 is 0.408 bits per heavy atom. The molecule has 13 aromatic rings. The average Bonchev–Trinajstić information content (AvgIpc) is 0.740. The van der Waals surface area contributed by atoms with Crippen LogP contribution in [0.15, 0.2) is 183 Å². The molecular formula is C96H96Br2Cl10N4O13. The van der Waals surface area contributed by atoms with Gasteiger partial charge in [0.05, 0.1) is 113 Å². The zero-order chi connectivity index (χ0) is 93.8. The van der Waals surface area contributed by atoms with Crippen molar-refractivity contribution in [3.8, 4) is 0 Å². The summed E-state index contributed by atoms with van der Waals surface area (Å²) in [4.78, 5) is 97.5. The number of nitrogens with zero attached hydrogens (tertiary/aromatic N) is 2. The molecule has 0 aliphatic rings. The van der Waals surface area contributed by atoms with Crippen molar-refractivity contribution in [1.82, 2.24) is 14.1 Å². The van der Waals surface area contributed by atoms with Crippen molar-refractivity contribution in [2.24, 2.45) is 0 Å². The number of aromatic amines is 1. The molecule has 0 fully saturated rings. The molecule has 0 saturated heterocycles. The number of hydrogen-bond donors (Lipinski definition) is 5. The van der Waals surface area contributed by atoms with Gasteiger partial charge in [-0.1, -0.05) is 306 Å². The number of benzene rings is 10. The lowest BCUT2D eigenvalue weighted by molar-refractivity contribution is -0.143. The zero-order valence-electron chi connectivity index (χ0n) is 71.8. The Morgan fingerprint density at radius 3 is 1.20 bits per heavy atom. The van der Waals surface area contributed by atoms with Crippen molar-refractivity contribution < 1.29 is 48.8 Å². The number of halogens is 12. The molecule has 125 heavy (non-hydrogen) atoms. The van der Waals surface area contributed by atoms with E-state index in [0.717, 1.165) is 32.2 Å². The maximum Gasteiger partial charge on any atom is 0.337 e. The number of pyridine rings is 3. The number of carboxylic acids is 3. The molecule has 29 heteroatoms. The van der Waals surface area contributed by atoms with Crippen molar-refractivity contribution in [2.45, 2.75) is 164 Å². The van der Waals surface area contributed by atoms with E-state index >= 15 is 0 Å². The van der Waals surface area contributed by atoms with Crippen LogP contribution in [-0.4, -0.2) is 77.8 Å². The number of aromatic carboxylic acids is 2. The van der Waals surface area contributed by atoms with Gasteiger partial charge >= 0.3 is 29.8 Å². The van der Waals surface area contributed by atoms with Gasteiger partial charge in [-0.25, -0.2) is 9.59 Å². The summed E-state index contributed by atoms with van der Waals surface area (Å²) >= 11 is 67.2. The minimum atomic E-state index is -1.12. The van der Waals surface area contributed by atoms with E-state index in [9.17, 15) is 48.6 Å². The van der Waals surface area contributed by atoms with Crippen molar-refractivity contribution in [3.63, 3.8) is 0 Å². The largest absolute Gasteiger partial charge is 0.480 e. The van der Waals surface area contributed by atoms with Gasteiger partial charge in [-0.05, 0) is 195 Å². The van der Waals surface area contributed by atoms with E-state index in [2.05, 4.69) is 182 Å². The van der Waals surface area contributed by atoms with Crippen LogP contribution < -0.4 is 22.0 Å². The van der Waals surface area contributed by atoms with Gasteiger partial charge in [0.15, 0.2) is 16.3 Å². The lowest BCUT2D eigenvalue weighted by Gasteiger charge is -2.22. The summed E-state index contributed by atoms with van der Waals surface area (Å²) in [7, 11) is 0. The standard InChI is InChI=1S/C21H21Cl2NO3.C19H17Cl2NO3.C18H18Cl2O2.C17H15Cl2NO.C10H13Br.C7H5Cl2NO2.C4H7BrO2/c1-5-27-17(25)11-24-16-10-12(21(2,3)4)6-7-13(16)20(26)14-8-9-15(22)18(23)19(14)24;1-19(2,3)10-4-5-11-14(8-10)22(9-15(23)24)17-12(18(11)25)6-7-13(20)16(17)21;1-18(2,3)12-6-4-5-11(9-12)10-14-13(17(21)22)7-8-15(19)16(14)20;1-17(2,3)9-4-5-10-13(8-9)20-15-11(16(10)21)6-7-12(18)14(15)19;1-10(2,3)8-5-4-6-9(11)7-8;8-4-2-1-3(7(11)12)6(10)5(4)9;1-2-7-4(6)3-5/h6-10H,5,11H2,1-4H3;4-8H,9H2,1-3H3,(H,23,24);4-9H,10H2,1-3H3,(H,21,22);4-8H,1-3H3,(H,20,21);4-7H,1-3H3;1-2H,10H2,(H,11,12);2-3H2,1H3. The molecule has 662 valence electrons. The molecular weight excluding hydrogens is 1930 g/mol. The summed E-state index contributed by atoms with van der Waals surface area (Å²) in [6, 6.07) is 49.1. The highest BCUT2D eigenvalue weighted by Crippen LogP contribution is 2.39. The third-order valence-corrected chi connectivity index (χ3v) is 24.7. The summed E-state index contributed by atoms with van der Waals surface area (Å²) in [5.41, 5.74) is 15.9. The van der Waals surface area contributed by atoms with E-state index in [1.54, 1.807) is 65.4 Å². The number of carbonyl (C=O) groups is 5. The predicted octanol–water partition coefficient (Wildman–Crippen LogP) is 28.0. The highest BCUT2D eigenvalue weighted by molar-refractivity contribution is 9.10. The number of esters is 2. The van der Waals surface area contributed by atoms with E-state index in [4.69, 9.17) is 132 Å². The molecule has 0 radical (unpaired) electrons. The van der Waals surface area contributed by atoms with Crippen LogP contribution in [0.2, 0.25) is 50.2 Å². The maximum atomic E-state index is 13.0. The number of carbonyl (C=O) groups excluding carboxylic acids is 2. The zero-order valence-corrected chi connectivity index (χ0v) is 82.5. The highest BCUT2D eigenvalue weighted by atomic mass is 79.9. The fourth-order valence-electron chi connectivity index (χ4n) is 12.8. The molecule has 3 heterocycles. The van der Waals surface area contributed by atoms with Crippen molar-refractivity contribution in [1.29, 1.82) is 0 Å². The van der Waals surface area contributed by atoms with Crippen LogP contribution in [0.3, 0.4) is 0 Å². The minimum Gasteiger partial charge on any atom is -0.480 e. The number of nitrogen functional groups attached to an aromatic ring is 1. The lowest BCUT2D eigenvalue weighted by Crippen LogP contribution is -2.19. The normalized spacial score (nSPS) is 11.5. The number of rotatable bonds is 11. The highest BCUT2D eigenvalue weighted by Gasteiger charge is 2.26. The van der Waals surface area contributed by atoms with Crippen LogP contribution in [0.4, 0.5) is 5.69 Å². The first-order valence-corrected chi connectivity index (χ1v) is 44.7. The minimum absolute atomic E-state index is 0.00309. The Labute approximate surface area is 792 Å². The molecule has 10 aromatic carbocycles. The molecule has 0 amide bonds. The Kier molecular flexibility index (Phi) is 36.2. The SMILES string of the molecule is CC(C)(C)c1ccc2c(=O)c3ccc(Cl)c(Cl)c3[nH]c2c1.CC(C)(C)c1ccc2c(=O)c3ccc(Cl)c(Cl)c3n(CC(=O)O)c2c1.CC(C)(C)c1cccc(Br)c1.CC(C)(C)c1cccc(Cc2c(C(=O)O)ccc(Cl)c2Cl)c1.CCOC(=O)CBr.CCOC(=O)Cn1c2cc(C(C)(C)C)ccc2c(=O)c2ccc(Cl)c(Cl)c21.Nc1c(C(=O)O)ccc(Cl)c1Cl. The second kappa shape index (κ2) is 43.6. The second-order valence-corrected chi connectivity index (χ2v) is 39.3. The van der Waals surface area contributed by atoms with E-state index in [1.165, 1.54) is 35.4 Å². The first kappa shape index (κ1) is 104. The fourth-order valence-corrected chi connectivity index (χ4v) is 15.3. The average molecular weight is 2030 g/mol. The van der Waals surface area contributed by atoms with Gasteiger partial charge in [-0.2, -0.15) is 0 Å². The number of anilines is 1. The maximum absolute atomic E-state index is 13.0. The smallest absolute Gasteiger partial charge is 0.337 e. The molecule has 17 nitrogen and oxygen atoms in total. The van der Waals surface area contributed by atoms with Crippen LogP contribution in [0.5, 0.6) is 0 Å². The van der Waals surface area contributed by atoms with E-state index in [-0.39, 0.29) is 111 Å². The molecule has 13 rings (SSSR count). The van der Waals surface area contributed by atoms with Gasteiger partial charge in [0.25, 0.3) is 0 Å². The van der Waals surface area contributed by atoms with Gasteiger partial charge in [0.2, 0.25) is 0 Å². The van der Waals surface area contributed by atoms with Gasteiger partial charge in [-0.3, -0.25) is 28.8 Å². The van der Waals surface area contributed by atoms with E-state index < -0.39 is 23.9 Å². The summed E-state index contributed by atoms with van der Waals surface area (Å²) in [6.45, 7) is 35.8. The molecule has 0 saturated carbocycles. The summed E-state index contributed by atoms with van der Waals surface area (Å²) in [5, 5.41) is 33.4. The van der Waals surface area contributed by atoms with Crippen LogP contribution >= 0.6 is 148 Å². The number of nitrogens with one attached hydrogen (secondary N) is 1. The molecule has 0 aliphatic heterocycles. The summed E-state index contributed by atoms with van der Waals surface area (Å²) < 4.78 is 14.1. The summed E-state index contributed by atoms with van der Waals surface area (Å²) in [6.07, 6.45) is 0.435. The van der Waals surface area contributed by atoms with Crippen LogP contribution in [0.25, 0.3) is 65.4 Å². The molecule has 0 unspecified atom stereocenters. The van der Waals surface area contributed by atoms with Crippen molar-refractivity contribution in [2.75, 3.05) is 24.3 Å². The molecule has 6 N–H and O–H groups in total. The topological polar surface area (TPSA) is 267 Å². The number of hydrogen-bond acceptors (Lipinski definition) is 11. The first-order valence-electron chi connectivity index (χ1n) is 39.0. The third kappa shape index (κ3) is 26.4. The second-order valence-electron chi connectivity index (χ2n) is 33.9. The molecule has 3 aromatic heterocycles. The number of ether oxygens (including phenoxy) is 2. The molecule has 0 atom stereocenters. The number of aromatic nitrogens is 3. The van der Waals surface area contributed by atoms with Crippen molar-refractivity contribution >= 4 is 249 Å². The quantitative estimate of drug-likeness (QED) is 0.0349. The van der Waals surface area contributed by atoms with Gasteiger partial charge in [0.1, 0.15) is 18.4 Å². The van der Waals surface area contributed by atoms with Gasteiger partial charge in [-0.15, -0.1) is 0 Å². The summed E-state index contributed by atoms with van der Waals surface area (Å²) in [5.74, 6) is -3.75. The Bertz CT molecular complexity index is 6480. The number of H-pyrrole nitrogens is 1. The molecule has 0 spiro atoms. The molecule has 0 aliphatic carbocycles. The number of carboxylic acid groups (broad SMARTS) is 3. The lowest BCUT2D eigenvalue weighted by atomic mass is 9.85. The van der Waals surface area contributed by atoms with E-state index in [0.29, 0.717) is 109 Å². The Morgan fingerprint density at radius 2 is 0.776 bits per heavy atom. The van der Waals surface area contributed by atoms with Gasteiger partial charge < -0.3 is 44.6 Å². The Hall–Kier alpha value is -8.38. The van der Waals surface area contributed by atoms with Crippen molar-refractivity contribution in [3.05, 3.63) is 299 Å².